The van der Waals surface area contributed by atoms with Gasteiger partial charge in [-0.15, -0.1) is 0 Å². The summed E-state index contributed by atoms with van der Waals surface area (Å²) in [6.07, 6.45) is 0.574. The Labute approximate surface area is 93.3 Å². The van der Waals surface area contributed by atoms with E-state index in [0.717, 1.165) is 6.42 Å². The molecule has 0 saturated carbocycles. The second-order valence-electron chi connectivity index (χ2n) is 3.74. The Balaban J connectivity index is 2.08. The van der Waals surface area contributed by atoms with Crippen LogP contribution in [0, 0.1) is 0 Å². The lowest BCUT2D eigenvalue weighted by Crippen LogP contribution is -2.19. The summed E-state index contributed by atoms with van der Waals surface area (Å²) in [5.74, 6) is -0.423. The van der Waals surface area contributed by atoms with Crippen molar-refractivity contribution in [2.75, 3.05) is 24.7 Å². The quantitative estimate of drug-likeness (QED) is 0.570. The van der Waals surface area contributed by atoms with E-state index in [9.17, 15) is 4.79 Å². The highest BCUT2D eigenvalue weighted by Gasteiger charge is 2.21. The van der Waals surface area contributed by atoms with Gasteiger partial charge in [-0.25, -0.2) is 4.79 Å². The fraction of sp³-hybridized carbons (Fsp3) is 0.364. The van der Waals surface area contributed by atoms with E-state index in [0.29, 0.717) is 30.2 Å². The largest absolute Gasteiger partial charge is 0.456 e. The second-order valence-corrected chi connectivity index (χ2v) is 3.74. The Morgan fingerprint density at radius 2 is 2.25 bits per heavy atom. The van der Waals surface area contributed by atoms with Crippen molar-refractivity contribution >= 4 is 17.3 Å². The maximum Gasteiger partial charge on any atom is 0.340 e. The molecule has 0 aromatic heterocycles. The van der Waals surface area contributed by atoms with E-state index < -0.39 is 5.97 Å². The summed E-state index contributed by atoms with van der Waals surface area (Å²) in [5, 5.41) is 0. The van der Waals surface area contributed by atoms with Gasteiger partial charge in [0.2, 0.25) is 0 Å². The number of carbonyl (C=O) groups is 1. The number of nitrogen functional groups attached to an aromatic ring is 2. The Hall–Kier alpha value is -1.75. The van der Waals surface area contributed by atoms with Crippen LogP contribution in [0.1, 0.15) is 16.8 Å². The van der Waals surface area contributed by atoms with Gasteiger partial charge in [0.05, 0.1) is 18.8 Å². The molecule has 0 radical (unpaired) electrons. The zero-order chi connectivity index (χ0) is 11.5. The maximum atomic E-state index is 11.7. The van der Waals surface area contributed by atoms with Crippen LogP contribution in [0.2, 0.25) is 0 Å². The summed E-state index contributed by atoms with van der Waals surface area (Å²) in [6, 6.07) is 4.74. The van der Waals surface area contributed by atoms with Gasteiger partial charge in [0.15, 0.2) is 0 Å². The minimum atomic E-state index is -0.423. The Kier molecular flexibility index (Phi) is 2.96. The molecule has 1 heterocycles. The van der Waals surface area contributed by atoms with E-state index in [-0.39, 0.29) is 6.10 Å². The van der Waals surface area contributed by atoms with Crippen molar-refractivity contribution in [3.63, 3.8) is 0 Å². The smallest absolute Gasteiger partial charge is 0.340 e. The van der Waals surface area contributed by atoms with Crippen LogP contribution in [0.5, 0.6) is 0 Å². The Morgan fingerprint density at radius 1 is 1.44 bits per heavy atom. The van der Waals surface area contributed by atoms with Crippen LogP contribution >= 0.6 is 0 Å². The first kappa shape index (κ1) is 10.8. The van der Waals surface area contributed by atoms with E-state index in [4.69, 9.17) is 20.9 Å². The molecule has 1 fully saturated rings. The standard InChI is InChI=1S/C11H14N2O3/c12-7-1-2-9(10(13)5-7)11(14)16-8-3-4-15-6-8/h1-2,5,8H,3-4,6,12-13H2. The second kappa shape index (κ2) is 4.40. The number of rotatable bonds is 2. The minimum absolute atomic E-state index is 0.163. The molecule has 1 aromatic rings. The van der Waals surface area contributed by atoms with E-state index in [1.54, 1.807) is 18.2 Å². The molecule has 86 valence electrons. The molecule has 4 N–H and O–H groups in total. The van der Waals surface area contributed by atoms with Crippen LogP contribution < -0.4 is 11.5 Å². The average molecular weight is 222 g/mol. The molecule has 5 heteroatoms. The molecule has 1 unspecified atom stereocenters. The van der Waals surface area contributed by atoms with E-state index in [1.165, 1.54) is 0 Å². The predicted octanol–water partition coefficient (Wildman–Crippen LogP) is 0.797. The fourth-order valence-corrected chi connectivity index (χ4v) is 1.59. The van der Waals surface area contributed by atoms with Gasteiger partial charge < -0.3 is 20.9 Å². The van der Waals surface area contributed by atoms with Crippen molar-refractivity contribution < 1.29 is 14.3 Å². The first-order valence-electron chi connectivity index (χ1n) is 5.10. The monoisotopic (exact) mass is 222 g/mol. The van der Waals surface area contributed by atoms with Crippen molar-refractivity contribution in [3.8, 4) is 0 Å². The van der Waals surface area contributed by atoms with Gasteiger partial charge >= 0.3 is 5.97 Å². The zero-order valence-electron chi connectivity index (χ0n) is 8.81. The molecule has 1 aromatic carbocycles. The van der Waals surface area contributed by atoms with Crippen LogP contribution in [0.15, 0.2) is 18.2 Å². The van der Waals surface area contributed by atoms with Crippen molar-refractivity contribution in [2.45, 2.75) is 12.5 Å². The van der Waals surface area contributed by atoms with Gasteiger partial charge in [0, 0.05) is 17.8 Å². The Bertz CT molecular complexity index is 400. The van der Waals surface area contributed by atoms with Crippen molar-refractivity contribution in [1.29, 1.82) is 0 Å². The molecule has 1 atom stereocenters. The van der Waals surface area contributed by atoms with Gasteiger partial charge in [0.1, 0.15) is 6.10 Å². The zero-order valence-corrected chi connectivity index (χ0v) is 8.81. The first-order valence-corrected chi connectivity index (χ1v) is 5.10. The SMILES string of the molecule is Nc1ccc(C(=O)OC2CCOC2)c(N)c1. The average Bonchev–Trinajstić information content (AvgIpc) is 2.70. The first-order chi connectivity index (χ1) is 7.66. The molecule has 2 rings (SSSR count). The molecule has 0 aliphatic carbocycles. The molecule has 5 nitrogen and oxygen atoms in total. The van der Waals surface area contributed by atoms with Crippen LogP contribution in [0.25, 0.3) is 0 Å². The van der Waals surface area contributed by atoms with E-state index >= 15 is 0 Å². The lowest BCUT2D eigenvalue weighted by molar-refractivity contribution is 0.0272. The third-order valence-corrected chi connectivity index (χ3v) is 2.46. The molecular formula is C11H14N2O3. The highest BCUT2D eigenvalue weighted by Crippen LogP contribution is 2.18. The molecule has 0 amide bonds. The van der Waals surface area contributed by atoms with Gasteiger partial charge in [-0.05, 0) is 18.2 Å². The van der Waals surface area contributed by atoms with Crippen molar-refractivity contribution in [3.05, 3.63) is 23.8 Å². The van der Waals surface area contributed by atoms with Gasteiger partial charge in [-0.2, -0.15) is 0 Å². The summed E-state index contributed by atoms with van der Waals surface area (Å²) in [4.78, 5) is 11.7. The molecule has 1 saturated heterocycles. The Morgan fingerprint density at radius 3 is 2.88 bits per heavy atom. The maximum absolute atomic E-state index is 11.7. The highest BCUT2D eigenvalue weighted by atomic mass is 16.6. The van der Waals surface area contributed by atoms with Gasteiger partial charge in [-0.3, -0.25) is 0 Å². The lowest BCUT2D eigenvalue weighted by atomic mass is 10.1. The predicted molar refractivity (Wildman–Crippen MR) is 59.9 cm³/mol. The van der Waals surface area contributed by atoms with Crippen molar-refractivity contribution in [2.24, 2.45) is 0 Å². The third-order valence-electron chi connectivity index (χ3n) is 2.46. The van der Waals surface area contributed by atoms with Crippen LogP contribution in [0.4, 0.5) is 11.4 Å². The number of carbonyl (C=O) groups excluding carboxylic acids is 1. The molecule has 1 aliphatic heterocycles. The van der Waals surface area contributed by atoms with Crippen LogP contribution in [0.3, 0.4) is 0 Å². The summed E-state index contributed by atoms with van der Waals surface area (Å²) >= 11 is 0. The molecule has 1 aliphatic rings. The van der Waals surface area contributed by atoms with E-state index in [1.807, 2.05) is 0 Å². The molecule has 16 heavy (non-hydrogen) atoms. The summed E-state index contributed by atoms with van der Waals surface area (Å²) < 4.78 is 10.3. The third kappa shape index (κ3) is 2.25. The summed E-state index contributed by atoms with van der Waals surface area (Å²) in [5.41, 5.74) is 12.4. The lowest BCUT2D eigenvalue weighted by Gasteiger charge is -2.11. The summed E-state index contributed by atoms with van der Waals surface area (Å²) in [7, 11) is 0. The number of anilines is 2. The van der Waals surface area contributed by atoms with Crippen molar-refractivity contribution in [1.82, 2.24) is 0 Å². The van der Waals surface area contributed by atoms with Gasteiger partial charge in [-0.1, -0.05) is 0 Å². The number of hydrogen-bond acceptors (Lipinski definition) is 5. The molecule has 0 bridgehead atoms. The normalized spacial score (nSPS) is 19.6. The van der Waals surface area contributed by atoms with Crippen LogP contribution in [-0.2, 0) is 9.47 Å². The topological polar surface area (TPSA) is 87.6 Å². The number of hydrogen-bond donors (Lipinski definition) is 2. The number of benzene rings is 1. The van der Waals surface area contributed by atoms with E-state index in [2.05, 4.69) is 0 Å². The molecule has 0 spiro atoms. The fourth-order valence-electron chi connectivity index (χ4n) is 1.59. The minimum Gasteiger partial charge on any atom is -0.456 e. The number of esters is 1. The van der Waals surface area contributed by atoms with Crippen LogP contribution in [-0.4, -0.2) is 25.3 Å². The highest BCUT2D eigenvalue weighted by molar-refractivity contribution is 5.95. The van der Waals surface area contributed by atoms with Gasteiger partial charge in [0.25, 0.3) is 0 Å². The number of nitrogens with two attached hydrogens (primary N) is 2. The number of ether oxygens (including phenoxy) is 2. The summed E-state index contributed by atoms with van der Waals surface area (Å²) in [6.45, 7) is 1.09. The molecular weight excluding hydrogens is 208 g/mol.